The number of nitrogen functional groups attached to an aromatic ring is 1. The molecular weight excluding hydrogens is 578 g/mol. The lowest BCUT2D eigenvalue weighted by molar-refractivity contribution is -0.193. The standard InChI is InChI=1S/C24H25F3N3O10P/c1-35-13-3-7-15(8-4-13)39-41(34,40-16-9-5-14(36-2)6-10-16)37-12-24(22(26)27)19(32)18(31)21(38-24)30-11-17(25)20(28)29-23(30)33/h3-11,18-19,21-22,31-32H,12H2,1-2H3,(H2,28,29,33)/t18-,19-,21-,24-/m1/s1. The number of phosphoric acid groups is 1. The largest absolute Gasteiger partial charge is 0.587 e. The number of rotatable bonds is 11. The molecule has 2 heterocycles. The number of nitrogens with zero attached hydrogens (tertiary/aromatic N) is 2. The first-order chi connectivity index (χ1) is 19.4. The number of aliphatic hydroxyl groups excluding tert-OH is 2. The van der Waals surface area contributed by atoms with Gasteiger partial charge in [0.15, 0.2) is 23.5 Å². The minimum absolute atomic E-state index is 0.0745. The van der Waals surface area contributed by atoms with Crippen LogP contribution in [-0.2, 0) is 13.8 Å². The maximum Gasteiger partial charge on any atom is 0.587 e. The highest BCUT2D eigenvalue weighted by molar-refractivity contribution is 7.49. The van der Waals surface area contributed by atoms with Gasteiger partial charge in [-0.15, -0.1) is 0 Å². The van der Waals surface area contributed by atoms with E-state index in [0.29, 0.717) is 22.3 Å². The molecule has 1 aromatic heterocycles. The van der Waals surface area contributed by atoms with Crippen LogP contribution in [0.3, 0.4) is 0 Å². The molecule has 17 heteroatoms. The number of nitrogens with two attached hydrogens (primary N) is 1. The molecule has 3 aromatic rings. The van der Waals surface area contributed by atoms with Gasteiger partial charge in [-0.3, -0.25) is 9.09 Å². The average molecular weight is 603 g/mol. The number of hydrogen-bond acceptors (Lipinski definition) is 12. The predicted octanol–water partition coefficient (Wildman–Crippen LogP) is 2.52. The topological polar surface area (TPSA) is 174 Å². The number of alkyl halides is 2. The summed E-state index contributed by atoms with van der Waals surface area (Å²) in [7, 11) is -2.02. The van der Waals surface area contributed by atoms with E-state index >= 15 is 0 Å². The zero-order chi connectivity index (χ0) is 29.9. The van der Waals surface area contributed by atoms with Crippen LogP contribution >= 0.6 is 7.82 Å². The Morgan fingerprint density at radius 3 is 1.98 bits per heavy atom. The Balaban J connectivity index is 1.65. The third-order valence-electron chi connectivity index (χ3n) is 6.04. The maximum absolute atomic E-state index is 14.5. The van der Waals surface area contributed by atoms with Crippen LogP contribution in [0.25, 0.3) is 0 Å². The molecule has 41 heavy (non-hydrogen) atoms. The fraction of sp³-hybridized carbons (Fsp3) is 0.333. The molecule has 0 saturated carbocycles. The Labute approximate surface area is 230 Å². The second kappa shape index (κ2) is 12.0. The molecule has 4 N–H and O–H groups in total. The average Bonchev–Trinajstić information content (AvgIpc) is 3.21. The van der Waals surface area contributed by atoms with E-state index in [1.54, 1.807) is 0 Å². The van der Waals surface area contributed by atoms with E-state index in [2.05, 4.69) is 4.98 Å². The monoisotopic (exact) mass is 603 g/mol. The fourth-order valence-corrected chi connectivity index (χ4v) is 5.08. The molecule has 0 amide bonds. The second-order valence-corrected chi connectivity index (χ2v) is 10.1. The van der Waals surface area contributed by atoms with Crippen molar-refractivity contribution in [3.8, 4) is 23.0 Å². The van der Waals surface area contributed by atoms with Gasteiger partial charge in [0.1, 0.15) is 35.2 Å². The van der Waals surface area contributed by atoms with Crippen LogP contribution in [0.1, 0.15) is 6.23 Å². The molecule has 1 aliphatic heterocycles. The molecule has 0 radical (unpaired) electrons. The van der Waals surface area contributed by atoms with Crippen molar-refractivity contribution in [2.24, 2.45) is 0 Å². The highest BCUT2D eigenvalue weighted by atomic mass is 31.2. The molecular formula is C24H25F3N3O10P. The molecule has 1 fully saturated rings. The molecule has 4 rings (SSSR count). The Morgan fingerprint density at radius 1 is 1.02 bits per heavy atom. The van der Waals surface area contributed by atoms with Crippen molar-refractivity contribution in [3.05, 3.63) is 71.0 Å². The zero-order valence-corrected chi connectivity index (χ0v) is 22.3. The number of phosphoric ester groups is 1. The van der Waals surface area contributed by atoms with Crippen LogP contribution in [0, 0.1) is 5.82 Å². The lowest BCUT2D eigenvalue weighted by atomic mass is 9.96. The second-order valence-electron chi connectivity index (χ2n) is 8.62. The van der Waals surface area contributed by atoms with Crippen LogP contribution in [0.5, 0.6) is 23.0 Å². The van der Waals surface area contributed by atoms with Gasteiger partial charge in [-0.2, -0.15) is 4.98 Å². The number of aliphatic hydroxyl groups is 2. The van der Waals surface area contributed by atoms with E-state index in [4.69, 9.17) is 33.5 Å². The van der Waals surface area contributed by atoms with Gasteiger partial charge in [0, 0.05) is 0 Å². The van der Waals surface area contributed by atoms with E-state index in [1.807, 2.05) is 0 Å². The molecule has 2 aromatic carbocycles. The van der Waals surface area contributed by atoms with Gasteiger partial charge in [0.2, 0.25) is 0 Å². The van der Waals surface area contributed by atoms with Crippen molar-refractivity contribution >= 4 is 13.6 Å². The SMILES string of the molecule is COc1ccc(OP(=O)(OC[C@@]2(C(F)F)O[C@@H](n3cc(F)c(N)nc3=O)[C@H](O)[C@H]2O)Oc2ccc(OC)cc2)cc1. The van der Waals surface area contributed by atoms with Gasteiger partial charge in [0.25, 0.3) is 6.43 Å². The molecule has 1 aliphatic rings. The molecule has 1 saturated heterocycles. The number of ether oxygens (including phenoxy) is 3. The van der Waals surface area contributed by atoms with Crippen LogP contribution in [-0.4, -0.2) is 64.8 Å². The molecule has 0 bridgehead atoms. The normalized spacial score (nSPS) is 22.5. The number of anilines is 1. The maximum atomic E-state index is 14.5. The van der Waals surface area contributed by atoms with Gasteiger partial charge in [0.05, 0.1) is 27.0 Å². The van der Waals surface area contributed by atoms with Crippen molar-refractivity contribution in [2.75, 3.05) is 26.6 Å². The summed E-state index contributed by atoms with van der Waals surface area (Å²) in [6.45, 7) is -1.39. The van der Waals surface area contributed by atoms with E-state index in [0.717, 1.165) is 0 Å². The van der Waals surface area contributed by atoms with Crippen molar-refractivity contribution in [1.82, 2.24) is 9.55 Å². The Bertz CT molecular complexity index is 1410. The molecule has 4 atom stereocenters. The van der Waals surface area contributed by atoms with Crippen LogP contribution in [0.2, 0.25) is 0 Å². The van der Waals surface area contributed by atoms with Crippen LogP contribution in [0.4, 0.5) is 19.0 Å². The Hall–Kier alpha value is -3.82. The molecule has 222 valence electrons. The minimum Gasteiger partial charge on any atom is -0.497 e. The van der Waals surface area contributed by atoms with Gasteiger partial charge in [-0.25, -0.2) is 22.5 Å². The van der Waals surface area contributed by atoms with Crippen molar-refractivity contribution in [2.45, 2.75) is 30.5 Å². The smallest absolute Gasteiger partial charge is 0.497 e. The van der Waals surface area contributed by atoms with Gasteiger partial charge in [-0.1, -0.05) is 0 Å². The van der Waals surface area contributed by atoms with Crippen LogP contribution < -0.4 is 29.9 Å². The van der Waals surface area contributed by atoms with Crippen molar-refractivity contribution < 1.29 is 55.7 Å². The summed E-state index contributed by atoms with van der Waals surface area (Å²) in [5, 5.41) is 21.1. The predicted molar refractivity (Wildman–Crippen MR) is 135 cm³/mol. The van der Waals surface area contributed by atoms with E-state index in [9.17, 15) is 32.7 Å². The molecule has 0 unspecified atom stereocenters. The third-order valence-corrected chi connectivity index (χ3v) is 7.35. The molecule has 0 spiro atoms. The number of halogens is 3. The highest BCUT2D eigenvalue weighted by Crippen LogP contribution is 2.52. The highest BCUT2D eigenvalue weighted by Gasteiger charge is 2.62. The summed E-state index contributed by atoms with van der Waals surface area (Å²) in [6.07, 6.45) is -9.83. The minimum atomic E-state index is -4.85. The number of hydrogen-bond donors (Lipinski definition) is 3. The van der Waals surface area contributed by atoms with E-state index in [-0.39, 0.29) is 11.5 Å². The third kappa shape index (κ3) is 6.26. The van der Waals surface area contributed by atoms with Crippen molar-refractivity contribution in [3.63, 3.8) is 0 Å². The first kappa shape index (κ1) is 30.1. The zero-order valence-electron chi connectivity index (χ0n) is 21.4. The summed E-state index contributed by atoms with van der Waals surface area (Å²) < 4.78 is 88.5. The molecule has 13 nitrogen and oxygen atoms in total. The van der Waals surface area contributed by atoms with E-state index in [1.165, 1.54) is 62.8 Å². The Kier molecular flexibility index (Phi) is 8.80. The lowest BCUT2D eigenvalue weighted by Gasteiger charge is -2.31. The summed E-state index contributed by atoms with van der Waals surface area (Å²) in [5.74, 6) is -1.30. The van der Waals surface area contributed by atoms with Crippen LogP contribution in [0.15, 0.2) is 59.5 Å². The fourth-order valence-electron chi connectivity index (χ4n) is 3.82. The molecule has 0 aliphatic carbocycles. The Morgan fingerprint density at radius 2 is 1.51 bits per heavy atom. The first-order valence-electron chi connectivity index (χ1n) is 11.7. The van der Waals surface area contributed by atoms with E-state index < -0.39 is 62.2 Å². The number of aromatic nitrogens is 2. The summed E-state index contributed by atoms with van der Waals surface area (Å²) in [4.78, 5) is 15.4. The number of methoxy groups -OCH3 is 2. The lowest BCUT2D eigenvalue weighted by Crippen LogP contribution is -2.52. The summed E-state index contributed by atoms with van der Waals surface area (Å²) >= 11 is 0. The summed E-state index contributed by atoms with van der Waals surface area (Å²) in [6, 6.07) is 11.2. The van der Waals surface area contributed by atoms with Gasteiger partial charge in [-0.05, 0) is 48.5 Å². The first-order valence-corrected chi connectivity index (χ1v) is 13.2. The van der Waals surface area contributed by atoms with Crippen molar-refractivity contribution in [1.29, 1.82) is 0 Å². The summed E-state index contributed by atoms with van der Waals surface area (Å²) in [5.41, 5.74) is 0.886. The number of benzene rings is 2. The van der Waals surface area contributed by atoms with Gasteiger partial charge < -0.3 is 39.2 Å². The van der Waals surface area contributed by atoms with Gasteiger partial charge >= 0.3 is 13.5 Å². The quantitative estimate of drug-likeness (QED) is 0.274.